The van der Waals surface area contributed by atoms with Gasteiger partial charge in [-0.15, -0.1) is 10.2 Å². The molecule has 1 aliphatic rings. The van der Waals surface area contributed by atoms with E-state index in [2.05, 4.69) is 20.4 Å². The third-order valence-electron chi connectivity index (χ3n) is 4.65. The van der Waals surface area contributed by atoms with Crippen LogP contribution in [0.1, 0.15) is 32.1 Å². The van der Waals surface area contributed by atoms with Gasteiger partial charge < -0.3 is 9.84 Å². The van der Waals surface area contributed by atoms with Crippen LogP contribution in [0.3, 0.4) is 0 Å². The molecule has 26 heavy (non-hydrogen) atoms. The Labute approximate surface area is 150 Å². The van der Waals surface area contributed by atoms with E-state index in [-0.39, 0.29) is 23.0 Å². The fourth-order valence-corrected chi connectivity index (χ4v) is 3.27. The topological polar surface area (TPSA) is 83.9 Å². The smallest absolute Gasteiger partial charge is 0.233 e. The molecular formula is C19H19FN4O2. The number of rotatable bonds is 4. The minimum Gasteiger partial charge on any atom is -0.507 e. The quantitative estimate of drug-likeness (QED) is 0.737. The van der Waals surface area contributed by atoms with Crippen LogP contribution in [0.2, 0.25) is 0 Å². The molecule has 0 saturated heterocycles. The van der Waals surface area contributed by atoms with Crippen molar-refractivity contribution >= 4 is 0 Å². The van der Waals surface area contributed by atoms with Gasteiger partial charge in [-0.1, -0.05) is 6.42 Å². The Balaban J connectivity index is 1.56. The zero-order valence-electron chi connectivity index (χ0n) is 14.2. The normalized spacial score (nSPS) is 15.1. The van der Waals surface area contributed by atoms with E-state index in [4.69, 9.17) is 4.74 Å². The third kappa shape index (κ3) is 3.37. The second-order valence-electron chi connectivity index (χ2n) is 6.47. The summed E-state index contributed by atoms with van der Waals surface area (Å²) in [5.74, 6) is -0.0861. The Hall–Kier alpha value is -2.96. The van der Waals surface area contributed by atoms with Crippen molar-refractivity contribution in [2.45, 2.75) is 38.2 Å². The Morgan fingerprint density at radius 2 is 1.92 bits per heavy atom. The standard InChI is InChI=1S/C19H19FN4O2/c20-16-8-15(18(25)9-14(16)12-10-21-22-11-12)17-6-7-19(24-23-17)26-13-4-2-1-3-5-13/h6-11,13,25H,1-5H2,(H,21,22). The summed E-state index contributed by atoms with van der Waals surface area (Å²) in [6.07, 6.45) is 8.91. The number of ether oxygens (including phenoxy) is 1. The number of aromatic amines is 1. The Kier molecular flexibility index (Phi) is 4.51. The number of hydrogen-bond acceptors (Lipinski definition) is 5. The van der Waals surface area contributed by atoms with Gasteiger partial charge in [0.25, 0.3) is 0 Å². The van der Waals surface area contributed by atoms with Gasteiger partial charge >= 0.3 is 0 Å². The maximum Gasteiger partial charge on any atom is 0.233 e. The molecular weight excluding hydrogens is 335 g/mol. The maximum atomic E-state index is 14.4. The van der Waals surface area contributed by atoms with Crippen LogP contribution in [-0.4, -0.2) is 31.6 Å². The molecule has 7 heteroatoms. The molecule has 6 nitrogen and oxygen atoms in total. The molecule has 0 aliphatic heterocycles. The summed E-state index contributed by atoms with van der Waals surface area (Å²) in [4.78, 5) is 0. The molecule has 1 aliphatic carbocycles. The highest BCUT2D eigenvalue weighted by atomic mass is 19.1. The molecule has 2 heterocycles. The van der Waals surface area contributed by atoms with Crippen LogP contribution in [0.4, 0.5) is 4.39 Å². The molecule has 0 amide bonds. The number of benzene rings is 1. The van der Waals surface area contributed by atoms with Crippen LogP contribution in [0.25, 0.3) is 22.4 Å². The fourth-order valence-electron chi connectivity index (χ4n) is 3.27. The van der Waals surface area contributed by atoms with Gasteiger partial charge in [0.05, 0.1) is 11.9 Å². The van der Waals surface area contributed by atoms with Crippen LogP contribution in [-0.2, 0) is 0 Å². The predicted molar refractivity (Wildman–Crippen MR) is 94.2 cm³/mol. The SMILES string of the molecule is Oc1cc(-c2cn[nH]c2)c(F)cc1-c1ccc(OC2CCCCC2)nn1. The van der Waals surface area contributed by atoms with E-state index in [1.807, 2.05) is 0 Å². The van der Waals surface area contributed by atoms with E-state index in [1.165, 1.54) is 37.6 Å². The summed E-state index contributed by atoms with van der Waals surface area (Å²) in [5, 5.41) is 24.9. The number of phenols is 1. The van der Waals surface area contributed by atoms with Gasteiger partial charge in [0.2, 0.25) is 5.88 Å². The summed E-state index contributed by atoms with van der Waals surface area (Å²) in [5.41, 5.74) is 1.50. The van der Waals surface area contributed by atoms with Gasteiger partial charge in [-0.25, -0.2) is 4.39 Å². The first-order chi connectivity index (χ1) is 12.7. The van der Waals surface area contributed by atoms with Gasteiger partial charge in [0.1, 0.15) is 17.7 Å². The van der Waals surface area contributed by atoms with Crippen molar-refractivity contribution in [3.05, 3.63) is 42.5 Å². The van der Waals surface area contributed by atoms with Gasteiger partial charge in [0.15, 0.2) is 0 Å². The average molecular weight is 354 g/mol. The Bertz CT molecular complexity index is 875. The van der Waals surface area contributed by atoms with Crippen LogP contribution in [0.5, 0.6) is 11.6 Å². The summed E-state index contributed by atoms with van der Waals surface area (Å²) in [6, 6.07) is 6.00. The van der Waals surface area contributed by atoms with E-state index < -0.39 is 5.82 Å². The van der Waals surface area contributed by atoms with E-state index in [0.717, 1.165) is 12.8 Å². The van der Waals surface area contributed by atoms with E-state index in [9.17, 15) is 9.50 Å². The first kappa shape index (κ1) is 16.5. The lowest BCUT2D eigenvalue weighted by Crippen LogP contribution is -2.20. The summed E-state index contributed by atoms with van der Waals surface area (Å²) in [6.45, 7) is 0. The van der Waals surface area contributed by atoms with Crippen LogP contribution in [0, 0.1) is 5.82 Å². The Morgan fingerprint density at radius 1 is 1.08 bits per heavy atom. The average Bonchev–Trinajstić information content (AvgIpc) is 3.19. The number of aromatic hydroxyl groups is 1. The van der Waals surface area contributed by atoms with Crippen molar-refractivity contribution in [3.8, 4) is 34.0 Å². The number of halogens is 1. The van der Waals surface area contributed by atoms with Gasteiger partial charge in [-0.2, -0.15) is 5.10 Å². The number of phenolic OH excluding ortho intramolecular Hbond substituents is 1. The molecule has 0 unspecified atom stereocenters. The Morgan fingerprint density at radius 3 is 2.62 bits per heavy atom. The molecule has 0 bridgehead atoms. The van der Waals surface area contributed by atoms with E-state index >= 15 is 0 Å². The van der Waals surface area contributed by atoms with Crippen molar-refractivity contribution < 1.29 is 14.2 Å². The van der Waals surface area contributed by atoms with Crippen molar-refractivity contribution in [3.63, 3.8) is 0 Å². The first-order valence-electron chi connectivity index (χ1n) is 8.73. The zero-order valence-corrected chi connectivity index (χ0v) is 14.2. The summed E-state index contributed by atoms with van der Waals surface area (Å²) >= 11 is 0. The summed E-state index contributed by atoms with van der Waals surface area (Å²) in [7, 11) is 0. The van der Waals surface area contributed by atoms with Crippen LogP contribution in [0.15, 0.2) is 36.7 Å². The van der Waals surface area contributed by atoms with Gasteiger partial charge in [0, 0.05) is 29.0 Å². The van der Waals surface area contributed by atoms with Crippen LogP contribution < -0.4 is 4.74 Å². The third-order valence-corrected chi connectivity index (χ3v) is 4.65. The van der Waals surface area contributed by atoms with Gasteiger partial charge in [-0.3, -0.25) is 5.10 Å². The monoisotopic (exact) mass is 354 g/mol. The second-order valence-corrected chi connectivity index (χ2v) is 6.47. The van der Waals surface area contributed by atoms with E-state index in [1.54, 1.807) is 18.3 Å². The molecule has 3 aromatic rings. The first-order valence-corrected chi connectivity index (χ1v) is 8.73. The molecule has 134 valence electrons. The number of aromatic nitrogens is 4. The van der Waals surface area contributed by atoms with Gasteiger partial charge in [-0.05, 0) is 43.9 Å². The number of hydrogen-bond donors (Lipinski definition) is 2. The second kappa shape index (κ2) is 7.11. The predicted octanol–water partition coefficient (Wildman–Crippen LogP) is 4.09. The molecule has 2 N–H and O–H groups in total. The molecule has 1 saturated carbocycles. The fraction of sp³-hybridized carbons (Fsp3) is 0.316. The number of nitrogens with one attached hydrogen (secondary N) is 1. The van der Waals surface area contributed by atoms with Crippen LogP contribution >= 0.6 is 0 Å². The maximum absolute atomic E-state index is 14.4. The molecule has 0 atom stereocenters. The van der Waals surface area contributed by atoms with Crippen molar-refractivity contribution in [2.24, 2.45) is 0 Å². The van der Waals surface area contributed by atoms with E-state index in [0.29, 0.717) is 17.1 Å². The lowest BCUT2D eigenvalue weighted by molar-refractivity contribution is 0.147. The highest BCUT2D eigenvalue weighted by molar-refractivity contribution is 5.74. The van der Waals surface area contributed by atoms with Crippen molar-refractivity contribution in [1.82, 2.24) is 20.4 Å². The highest BCUT2D eigenvalue weighted by Gasteiger charge is 2.17. The zero-order chi connectivity index (χ0) is 17.9. The lowest BCUT2D eigenvalue weighted by atomic mass is 9.98. The largest absolute Gasteiger partial charge is 0.507 e. The molecule has 2 aromatic heterocycles. The lowest BCUT2D eigenvalue weighted by Gasteiger charge is -2.22. The molecule has 0 radical (unpaired) electrons. The minimum atomic E-state index is -0.469. The van der Waals surface area contributed by atoms with Crippen molar-refractivity contribution in [2.75, 3.05) is 0 Å². The summed E-state index contributed by atoms with van der Waals surface area (Å²) < 4.78 is 20.3. The highest BCUT2D eigenvalue weighted by Crippen LogP contribution is 2.34. The molecule has 1 aromatic carbocycles. The molecule has 0 spiro atoms. The number of nitrogens with zero attached hydrogens (tertiary/aromatic N) is 3. The number of H-pyrrole nitrogens is 1. The molecule has 1 fully saturated rings. The van der Waals surface area contributed by atoms with Crippen molar-refractivity contribution in [1.29, 1.82) is 0 Å². The minimum absolute atomic E-state index is 0.0714. The molecule has 4 rings (SSSR count).